The lowest BCUT2D eigenvalue weighted by Gasteiger charge is -2.26. The molecule has 0 saturated heterocycles. The van der Waals surface area contributed by atoms with Crippen LogP contribution in [0.25, 0.3) is 11.3 Å². The SMILES string of the molecule is Cc1ccc(-c2n[nH]c3c2C(c2ccc(O)cc2)N(Cc2ccc4c(c2)OCO4)C3=O)cc1. The number of hydrogen-bond acceptors (Lipinski definition) is 5. The Morgan fingerprint density at radius 3 is 2.58 bits per heavy atom. The third-order valence-corrected chi connectivity index (χ3v) is 6.19. The number of amides is 1. The van der Waals surface area contributed by atoms with Gasteiger partial charge in [0.05, 0.1) is 11.7 Å². The normalized spacial score (nSPS) is 16.3. The molecule has 0 spiro atoms. The van der Waals surface area contributed by atoms with Crippen LogP contribution < -0.4 is 9.47 Å². The van der Waals surface area contributed by atoms with Gasteiger partial charge in [-0.25, -0.2) is 0 Å². The van der Waals surface area contributed by atoms with Crippen LogP contribution in [0.4, 0.5) is 0 Å². The molecule has 7 heteroatoms. The molecule has 0 saturated carbocycles. The fourth-order valence-corrected chi connectivity index (χ4v) is 4.53. The number of aryl methyl sites for hydroxylation is 1. The summed E-state index contributed by atoms with van der Waals surface area (Å²) in [5.74, 6) is 1.45. The van der Waals surface area contributed by atoms with Crippen molar-refractivity contribution in [3.8, 4) is 28.5 Å². The van der Waals surface area contributed by atoms with E-state index in [9.17, 15) is 9.90 Å². The van der Waals surface area contributed by atoms with E-state index in [1.165, 1.54) is 0 Å². The van der Waals surface area contributed by atoms with Gasteiger partial charge in [0.2, 0.25) is 6.79 Å². The van der Waals surface area contributed by atoms with Gasteiger partial charge in [0.15, 0.2) is 11.5 Å². The van der Waals surface area contributed by atoms with E-state index in [1.54, 1.807) is 12.1 Å². The Kier molecular flexibility index (Phi) is 4.36. The Morgan fingerprint density at radius 2 is 1.79 bits per heavy atom. The van der Waals surface area contributed by atoms with Gasteiger partial charge in [-0.15, -0.1) is 0 Å². The van der Waals surface area contributed by atoms with Gasteiger partial charge in [-0.05, 0) is 42.3 Å². The van der Waals surface area contributed by atoms with Gasteiger partial charge in [-0.2, -0.15) is 5.10 Å². The van der Waals surface area contributed by atoms with Crippen LogP contribution in [0.5, 0.6) is 17.2 Å². The van der Waals surface area contributed by atoms with E-state index in [2.05, 4.69) is 10.2 Å². The zero-order chi connectivity index (χ0) is 22.5. The minimum absolute atomic E-state index is 0.119. The first kappa shape index (κ1) is 19.4. The number of H-pyrrole nitrogens is 1. The maximum atomic E-state index is 13.5. The number of ether oxygens (including phenoxy) is 2. The van der Waals surface area contributed by atoms with E-state index in [4.69, 9.17) is 9.47 Å². The van der Waals surface area contributed by atoms with Gasteiger partial charge in [-0.1, -0.05) is 48.0 Å². The molecule has 0 radical (unpaired) electrons. The van der Waals surface area contributed by atoms with Crippen LogP contribution >= 0.6 is 0 Å². The fraction of sp³-hybridized carbons (Fsp3) is 0.154. The molecule has 1 unspecified atom stereocenters. The summed E-state index contributed by atoms with van der Waals surface area (Å²) in [6.45, 7) is 2.62. The van der Waals surface area contributed by atoms with E-state index < -0.39 is 0 Å². The first-order chi connectivity index (χ1) is 16.1. The number of benzene rings is 3. The maximum Gasteiger partial charge on any atom is 0.273 e. The zero-order valence-electron chi connectivity index (χ0n) is 17.9. The number of phenols is 1. The van der Waals surface area contributed by atoms with Crippen molar-refractivity contribution in [1.29, 1.82) is 0 Å². The molecular formula is C26H21N3O4. The van der Waals surface area contributed by atoms with E-state index in [0.717, 1.165) is 33.5 Å². The van der Waals surface area contributed by atoms with Crippen molar-refractivity contribution in [3.63, 3.8) is 0 Å². The summed E-state index contributed by atoms with van der Waals surface area (Å²) in [4.78, 5) is 15.4. The average Bonchev–Trinajstić information content (AvgIpc) is 3.52. The minimum Gasteiger partial charge on any atom is -0.508 e. The maximum absolute atomic E-state index is 13.5. The Balaban J connectivity index is 1.45. The number of carbonyl (C=O) groups excluding carboxylic acids is 1. The lowest BCUT2D eigenvalue weighted by molar-refractivity contribution is 0.0730. The number of rotatable bonds is 4. The summed E-state index contributed by atoms with van der Waals surface area (Å²) in [6.07, 6.45) is 0. The quantitative estimate of drug-likeness (QED) is 0.487. The van der Waals surface area contributed by atoms with Crippen LogP contribution in [-0.2, 0) is 6.54 Å². The molecule has 0 aliphatic carbocycles. The molecule has 3 aromatic carbocycles. The van der Waals surface area contributed by atoms with Crippen LogP contribution in [0.15, 0.2) is 66.7 Å². The van der Waals surface area contributed by atoms with Gasteiger partial charge in [0.1, 0.15) is 11.4 Å². The van der Waals surface area contributed by atoms with E-state index in [-0.39, 0.29) is 24.5 Å². The molecule has 0 fully saturated rings. The minimum atomic E-state index is -0.353. The zero-order valence-corrected chi connectivity index (χ0v) is 17.9. The first-order valence-electron chi connectivity index (χ1n) is 10.7. The van der Waals surface area contributed by atoms with E-state index in [1.807, 2.05) is 66.4 Å². The molecule has 1 amide bonds. The smallest absolute Gasteiger partial charge is 0.273 e. The molecule has 6 rings (SSSR count). The highest BCUT2D eigenvalue weighted by atomic mass is 16.7. The van der Waals surface area contributed by atoms with Crippen molar-refractivity contribution in [2.75, 3.05) is 6.79 Å². The highest BCUT2D eigenvalue weighted by molar-refractivity contribution is 6.00. The Labute approximate surface area is 190 Å². The Morgan fingerprint density at radius 1 is 1.03 bits per heavy atom. The summed E-state index contributed by atoms with van der Waals surface area (Å²) >= 11 is 0. The van der Waals surface area contributed by atoms with Crippen molar-refractivity contribution in [1.82, 2.24) is 15.1 Å². The lowest BCUT2D eigenvalue weighted by Crippen LogP contribution is -2.29. The molecule has 1 aromatic heterocycles. The number of phenolic OH excluding ortho intramolecular Hbond substituents is 1. The third kappa shape index (κ3) is 3.20. The number of nitrogens with zero attached hydrogens (tertiary/aromatic N) is 2. The van der Waals surface area contributed by atoms with Crippen molar-refractivity contribution < 1.29 is 19.4 Å². The second kappa shape index (κ2) is 7.41. The number of aromatic hydroxyl groups is 1. The van der Waals surface area contributed by atoms with Gasteiger partial charge in [0.25, 0.3) is 5.91 Å². The molecule has 7 nitrogen and oxygen atoms in total. The molecule has 4 aromatic rings. The highest BCUT2D eigenvalue weighted by Gasteiger charge is 2.42. The van der Waals surface area contributed by atoms with Crippen LogP contribution in [0, 0.1) is 6.92 Å². The second-order valence-electron chi connectivity index (χ2n) is 8.34. The standard InChI is InChI=1S/C26H21N3O4/c1-15-2-5-17(6-3-15)23-22-24(28-27-23)26(31)29(25(22)18-7-9-19(30)10-8-18)13-16-4-11-20-21(12-16)33-14-32-20/h2-12,25,30H,13-14H2,1H3,(H,27,28). The van der Waals surface area contributed by atoms with Crippen LogP contribution in [0.3, 0.4) is 0 Å². The van der Waals surface area contributed by atoms with E-state index >= 15 is 0 Å². The Bertz CT molecular complexity index is 1360. The molecule has 3 heterocycles. The van der Waals surface area contributed by atoms with Crippen LogP contribution in [0.1, 0.15) is 38.8 Å². The monoisotopic (exact) mass is 439 g/mol. The van der Waals surface area contributed by atoms with Gasteiger partial charge in [-0.3, -0.25) is 9.89 Å². The number of aromatic amines is 1. The fourth-order valence-electron chi connectivity index (χ4n) is 4.53. The summed E-state index contributed by atoms with van der Waals surface area (Å²) in [5, 5.41) is 17.3. The highest BCUT2D eigenvalue weighted by Crippen LogP contribution is 2.44. The predicted molar refractivity (Wildman–Crippen MR) is 121 cm³/mol. The van der Waals surface area contributed by atoms with Crippen molar-refractivity contribution in [2.45, 2.75) is 19.5 Å². The molecule has 2 aliphatic rings. The third-order valence-electron chi connectivity index (χ3n) is 6.19. The van der Waals surface area contributed by atoms with Crippen molar-refractivity contribution in [3.05, 3.63) is 94.7 Å². The lowest BCUT2D eigenvalue weighted by atomic mass is 9.95. The summed E-state index contributed by atoms with van der Waals surface area (Å²) in [6, 6.07) is 20.5. The predicted octanol–water partition coefficient (Wildman–Crippen LogP) is 4.56. The number of aromatic nitrogens is 2. The molecule has 164 valence electrons. The molecule has 33 heavy (non-hydrogen) atoms. The van der Waals surface area contributed by atoms with Crippen LogP contribution in [-0.4, -0.2) is 32.9 Å². The van der Waals surface area contributed by atoms with Gasteiger partial charge in [0, 0.05) is 17.7 Å². The molecule has 2 N–H and O–H groups in total. The largest absolute Gasteiger partial charge is 0.508 e. The molecule has 1 atom stereocenters. The topological polar surface area (TPSA) is 87.7 Å². The summed E-state index contributed by atoms with van der Waals surface area (Å²) in [5.41, 5.74) is 6.02. The number of fused-ring (bicyclic) bond motifs is 2. The van der Waals surface area contributed by atoms with E-state index in [0.29, 0.717) is 23.7 Å². The molecule has 2 aliphatic heterocycles. The van der Waals surface area contributed by atoms with Crippen molar-refractivity contribution >= 4 is 5.91 Å². The molecular weight excluding hydrogens is 418 g/mol. The first-order valence-corrected chi connectivity index (χ1v) is 10.7. The van der Waals surface area contributed by atoms with Gasteiger partial charge < -0.3 is 19.5 Å². The van der Waals surface area contributed by atoms with Gasteiger partial charge >= 0.3 is 0 Å². The summed E-state index contributed by atoms with van der Waals surface area (Å²) in [7, 11) is 0. The van der Waals surface area contributed by atoms with Crippen LogP contribution in [0.2, 0.25) is 0 Å². The molecule has 0 bridgehead atoms. The number of nitrogens with one attached hydrogen (secondary N) is 1. The number of carbonyl (C=O) groups is 1. The van der Waals surface area contributed by atoms with Crippen molar-refractivity contribution in [2.24, 2.45) is 0 Å². The second-order valence-corrected chi connectivity index (χ2v) is 8.34. The summed E-state index contributed by atoms with van der Waals surface area (Å²) < 4.78 is 10.9. The number of hydrogen-bond donors (Lipinski definition) is 2. The average molecular weight is 439 g/mol. The Hall–Kier alpha value is -4.26.